The summed E-state index contributed by atoms with van der Waals surface area (Å²) in [4.78, 5) is 0. The Hall–Kier alpha value is -0.520. The third-order valence-corrected chi connectivity index (χ3v) is 5.59. The van der Waals surface area contributed by atoms with E-state index >= 15 is 0 Å². The predicted molar refractivity (Wildman–Crippen MR) is 62.3 cm³/mol. The Bertz CT molecular complexity index is 349. The molecule has 3 fully saturated rings. The highest BCUT2D eigenvalue weighted by Crippen LogP contribution is 2.66. The summed E-state index contributed by atoms with van der Waals surface area (Å²) < 4.78 is 0. The lowest BCUT2D eigenvalue weighted by molar-refractivity contribution is 0.242. The van der Waals surface area contributed by atoms with Gasteiger partial charge in [0.1, 0.15) is 0 Å². The lowest BCUT2D eigenvalue weighted by atomic mass is 9.71. The molecule has 0 heterocycles. The molecule has 0 aromatic heterocycles. The van der Waals surface area contributed by atoms with Crippen molar-refractivity contribution >= 4 is 0 Å². The SMILES string of the molecule is CC/C=C1/CC2CC1C1C3C=CC(C3)C21. The molecule has 0 N–H and O–H groups in total. The van der Waals surface area contributed by atoms with Gasteiger partial charge in [0.15, 0.2) is 0 Å². The normalized spacial score (nSPS) is 57.0. The van der Waals surface area contributed by atoms with Crippen molar-refractivity contribution in [3.8, 4) is 0 Å². The molecule has 0 heteroatoms. The molecule has 3 saturated carbocycles. The second-order valence-electron chi connectivity index (χ2n) is 6.10. The van der Waals surface area contributed by atoms with Gasteiger partial charge in [-0.2, -0.15) is 0 Å². The lowest BCUT2D eigenvalue weighted by Gasteiger charge is -2.33. The van der Waals surface area contributed by atoms with Crippen molar-refractivity contribution in [3.63, 3.8) is 0 Å². The molecule has 80 valence electrons. The van der Waals surface area contributed by atoms with E-state index in [9.17, 15) is 0 Å². The molecule has 0 nitrogen and oxygen atoms in total. The molecule has 0 aromatic carbocycles. The zero-order chi connectivity index (χ0) is 9.99. The fraction of sp³-hybridized carbons (Fsp3) is 0.733. The molecular formula is C15H20. The molecule has 0 radical (unpaired) electrons. The molecule has 4 bridgehead atoms. The van der Waals surface area contributed by atoms with E-state index < -0.39 is 0 Å². The van der Waals surface area contributed by atoms with Gasteiger partial charge in [0.2, 0.25) is 0 Å². The second-order valence-corrected chi connectivity index (χ2v) is 6.10. The maximum absolute atomic E-state index is 2.54. The van der Waals surface area contributed by atoms with Crippen molar-refractivity contribution in [1.29, 1.82) is 0 Å². The Kier molecular flexibility index (Phi) is 1.60. The highest BCUT2D eigenvalue weighted by atomic mass is 14.6. The van der Waals surface area contributed by atoms with Crippen molar-refractivity contribution in [2.24, 2.45) is 35.5 Å². The van der Waals surface area contributed by atoms with Crippen LogP contribution in [-0.2, 0) is 0 Å². The van der Waals surface area contributed by atoms with Gasteiger partial charge in [-0.1, -0.05) is 30.7 Å². The Labute approximate surface area is 92.4 Å². The number of hydrogen-bond acceptors (Lipinski definition) is 0. The van der Waals surface area contributed by atoms with E-state index in [0.29, 0.717) is 0 Å². The minimum atomic E-state index is 0.968. The van der Waals surface area contributed by atoms with Crippen LogP contribution < -0.4 is 0 Å². The molecule has 0 amide bonds. The Morgan fingerprint density at radius 1 is 1.20 bits per heavy atom. The van der Waals surface area contributed by atoms with E-state index in [1.165, 1.54) is 25.7 Å². The van der Waals surface area contributed by atoms with E-state index in [2.05, 4.69) is 25.2 Å². The highest BCUT2D eigenvalue weighted by Gasteiger charge is 2.59. The maximum Gasteiger partial charge on any atom is -0.0163 e. The molecule has 6 unspecified atom stereocenters. The molecule has 6 atom stereocenters. The van der Waals surface area contributed by atoms with Gasteiger partial charge in [0.25, 0.3) is 0 Å². The number of hydrogen-bond donors (Lipinski definition) is 0. The zero-order valence-corrected chi connectivity index (χ0v) is 9.52. The summed E-state index contributed by atoms with van der Waals surface area (Å²) >= 11 is 0. The van der Waals surface area contributed by atoms with Crippen LogP contribution in [-0.4, -0.2) is 0 Å². The summed E-state index contributed by atoms with van der Waals surface area (Å²) in [6.07, 6.45) is 13.4. The third-order valence-electron chi connectivity index (χ3n) is 5.59. The lowest BCUT2D eigenvalue weighted by Crippen LogP contribution is -2.27. The quantitative estimate of drug-likeness (QED) is 0.446. The van der Waals surface area contributed by atoms with Crippen LogP contribution in [0.25, 0.3) is 0 Å². The van der Waals surface area contributed by atoms with Crippen LogP contribution in [0.3, 0.4) is 0 Å². The first-order valence-electron chi connectivity index (χ1n) is 6.75. The van der Waals surface area contributed by atoms with Crippen LogP contribution in [0, 0.1) is 35.5 Å². The molecule has 4 aliphatic rings. The average molecular weight is 200 g/mol. The van der Waals surface area contributed by atoms with E-state index in [4.69, 9.17) is 0 Å². The minimum Gasteiger partial charge on any atom is -0.0853 e. The van der Waals surface area contributed by atoms with Crippen LogP contribution in [0.5, 0.6) is 0 Å². The predicted octanol–water partition coefficient (Wildman–Crippen LogP) is 3.80. The fourth-order valence-electron chi connectivity index (χ4n) is 5.34. The number of rotatable bonds is 1. The maximum atomic E-state index is 2.54. The van der Waals surface area contributed by atoms with Crippen molar-refractivity contribution < 1.29 is 0 Å². The summed E-state index contributed by atoms with van der Waals surface area (Å²) in [5.74, 6) is 6.18. The summed E-state index contributed by atoms with van der Waals surface area (Å²) in [5, 5.41) is 0. The van der Waals surface area contributed by atoms with E-state index in [1.807, 2.05) is 5.57 Å². The molecule has 4 aliphatic carbocycles. The largest absolute Gasteiger partial charge is 0.0853 e. The zero-order valence-electron chi connectivity index (χ0n) is 9.52. The van der Waals surface area contributed by atoms with Gasteiger partial charge >= 0.3 is 0 Å². The van der Waals surface area contributed by atoms with Gasteiger partial charge in [-0.3, -0.25) is 0 Å². The van der Waals surface area contributed by atoms with Gasteiger partial charge in [-0.15, -0.1) is 0 Å². The Morgan fingerprint density at radius 2 is 2.00 bits per heavy atom. The monoisotopic (exact) mass is 200 g/mol. The van der Waals surface area contributed by atoms with Gasteiger partial charge in [-0.05, 0) is 61.2 Å². The number of fused-ring (bicyclic) bond motifs is 9. The Balaban J connectivity index is 1.71. The summed E-state index contributed by atoms with van der Waals surface area (Å²) in [6, 6.07) is 0. The molecule has 0 aliphatic heterocycles. The third kappa shape index (κ3) is 0.940. The van der Waals surface area contributed by atoms with E-state index in [0.717, 1.165) is 35.5 Å². The summed E-state index contributed by atoms with van der Waals surface area (Å²) in [5.41, 5.74) is 1.84. The summed E-state index contributed by atoms with van der Waals surface area (Å²) in [7, 11) is 0. The van der Waals surface area contributed by atoms with E-state index in [-0.39, 0.29) is 0 Å². The first kappa shape index (κ1) is 8.61. The number of allylic oxidation sites excluding steroid dienone is 4. The van der Waals surface area contributed by atoms with Crippen LogP contribution in [0.1, 0.15) is 32.6 Å². The smallest absolute Gasteiger partial charge is 0.0163 e. The summed E-state index contributed by atoms with van der Waals surface area (Å²) in [6.45, 7) is 2.29. The van der Waals surface area contributed by atoms with Crippen LogP contribution in [0.2, 0.25) is 0 Å². The van der Waals surface area contributed by atoms with Crippen molar-refractivity contribution in [1.82, 2.24) is 0 Å². The topological polar surface area (TPSA) is 0 Å². The van der Waals surface area contributed by atoms with Gasteiger partial charge in [0.05, 0.1) is 0 Å². The van der Waals surface area contributed by atoms with Crippen LogP contribution in [0.4, 0.5) is 0 Å². The van der Waals surface area contributed by atoms with Gasteiger partial charge in [0, 0.05) is 0 Å². The van der Waals surface area contributed by atoms with Gasteiger partial charge < -0.3 is 0 Å². The average Bonchev–Trinajstić information content (AvgIpc) is 2.95. The van der Waals surface area contributed by atoms with Crippen molar-refractivity contribution in [2.45, 2.75) is 32.6 Å². The van der Waals surface area contributed by atoms with Crippen LogP contribution >= 0.6 is 0 Å². The molecular weight excluding hydrogens is 180 g/mol. The first-order chi connectivity index (χ1) is 7.38. The molecule has 0 aromatic rings. The second kappa shape index (κ2) is 2.78. The molecule has 4 rings (SSSR count). The molecule has 15 heavy (non-hydrogen) atoms. The first-order valence-corrected chi connectivity index (χ1v) is 6.75. The molecule has 0 spiro atoms. The van der Waals surface area contributed by atoms with Crippen molar-refractivity contribution in [3.05, 3.63) is 23.8 Å². The minimum absolute atomic E-state index is 0.968. The van der Waals surface area contributed by atoms with E-state index in [1.54, 1.807) is 0 Å². The van der Waals surface area contributed by atoms with Crippen molar-refractivity contribution in [2.75, 3.05) is 0 Å². The fourth-order valence-corrected chi connectivity index (χ4v) is 5.34. The van der Waals surface area contributed by atoms with Crippen LogP contribution in [0.15, 0.2) is 23.8 Å². The molecule has 0 saturated heterocycles. The standard InChI is InChI=1S/C15H20/c1-2-3-9-6-12-8-13(9)15-11-5-4-10(7-11)14(12)15/h3-5,10-15H,2,6-8H2,1H3/b9-3-. The highest BCUT2D eigenvalue weighted by molar-refractivity contribution is 5.28. The Morgan fingerprint density at radius 3 is 2.80 bits per heavy atom. The van der Waals surface area contributed by atoms with Gasteiger partial charge in [-0.25, -0.2) is 0 Å².